The zero-order valence-electron chi connectivity index (χ0n) is 13.8. The van der Waals surface area contributed by atoms with Crippen LogP contribution >= 0.6 is 15.9 Å². The Bertz CT molecular complexity index is 1090. The number of halogens is 5. The van der Waals surface area contributed by atoms with E-state index in [0.717, 1.165) is 6.92 Å². The molecule has 0 saturated heterocycles. The standard InChI is InChI=1S/C15H10BrF4N3O5/c1-6(24)5-28-13(26)7-2-10(9(17)3-8(7)16)22-12(25)4-11(15(18,19)20)23(21)14(22)27/h2-4H,5,21H2,1H3. The van der Waals surface area contributed by atoms with Gasteiger partial charge < -0.3 is 10.6 Å². The first-order valence-corrected chi connectivity index (χ1v) is 8.01. The summed E-state index contributed by atoms with van der Waals surface area (Å²) in [7, 11) is 0. The fraction of sp³-hybridized carbons (Fsp3) is 0.200. The van der Waals surface area contributed by atoms with E-state index in [0.29, 0.717) is 12.1 Å². The number of nitrogens with zero attached hydrogens (tertiary/aromatic N) is 2. The summed E-state index contributed by atoms with van der Waals surface area (Å²) in [6, 6.07) is 1.42. The van der Waals surface area contributed by atoms with E-state index in [1.807, 2.05) is 0 Å². The fourth-order valence-corrected chi connectivity index (χ4v) is 2.58. The second kappa shape index (κ2) is 7.58. The van der Waals surface area contributed by atoms with Crippen molar-refractivity contribution in [1.82, 2.24) is 9.24 Å². The van der Waals surface area contributed by atoms with E-state index in [2.05, 4.69) is 20.7 Å². The van der Waals surface area contributed by atoms with Gasteiger partial charge in [-0.05, 0) is 35.0 Å². The van der Waals surface area contributed by atoms with Gasteiger partial charge in [0, 0.05) is 10.5 Å². The Balaban J connectivity index is 2.70. The van der Waals surface area contributed by atoms with Crippen molar-refractivity contribution in [2.24, 2.45) is 0 Å². The van der Waals surface area contributed by atoms with Crippen LogP contribution in [0.3, 0.4) is 0 Å². The molecule has 150 valence electrons. The van der Waals surface area contributed by atoms with Gasteiger partial charge in [-0.2, -0.15) is 13.2 Å². The van der Waals surface area contributed by atoms with Gasteiger partial charge in [0.1, 0.15) is 12.4 Å². The van der Waals surface area contributed by atoms with E-state index in [-0.39, 0.29) is 25.3 Å². The third-order valence-corrected chi connectivity index (χ3v) is 3.99. The highest BCUT2D eigenvalue weighted by Gasteiger charge is 2.36. The molecule has 0 unspecified atom stereocenters. The molecule has 1 aromatic carbocycles. The van der Waals surface area contributed by atoms with Crippen molar-refractivity contribution in [3.8, 4) is 5.69 Å². The smallest absolute Gasteiger partial charge is 0.433 e. The summed E-state index contributed by atoms with van der Waals surface area (Å²) >= 11 is 2.88. The van der Waals surface area contributed by atoms with Crippen LogP contribution in [0.15, 0.2) is 32.3 Å². The first-order chi connectivity index (χ1) is 12.8. The SMILES string of the molecule is CC(=O)COC(=O)c1cc(-n2c(=O)cc(C(F)(F)F)n(N)c2=O)c(F)cc1Br. The normalized spacial score (nSPS) is 11.4. The Labute approximate surface area is 161 Å². The molecule has 0 fully saturated rings. The van der Waals surface area contributed by atoms with Gasteiger partial charge in [-0.3, -0.25) is 9.59 Å². The lowest BCUT2D eigenvalue weighted by molar-refractivity contribution is -0.143. The highest BCUT2D eigenvalue weighted by Crippen LogP contribution is 2.27. The number of nitrogen functional groups attached to an aromatic ring is 1. The number of esters is 1. The van der Waals surface area contributed by atoms with Crippen molar-refractivity contribution in [2.45, 2.75) is 13.1 Å². The minimum atomic E-state index is -5.11. The first kappa shape index (κ1) is 21.3. The third-order valence-electron chi connectivity index (χ3n) is 3.33. The molecule has 2 aromatic rings. The Hall–Kier alpha value is -2.96. The zero-order valence-corrected chi connectivity index (χ0v) is 15.4. The molecule has 1 aromatic heterocycles. The van der Waals surface area contributed by atoms with E-state index < -0.39 is 53.0 Å². The topological polar surface area (TPSA) is 113 Å². The number of hydrogen-bond acceptors (Lipinski definition) is 6. The second-order valence-corrected chi connectivity index (χ2v) is 6.27. The number of benzene rings is 1. The molecular weight excluding hydrogens is 458 g/mol. The molecule has 28 heavy (non-hydrogen) atoms. The van der Waals surface area contributed by atoms with Gasteiger partial charge in [0.25, 0.3) is 5.56 Å². The molecule has 8 nitrogen and oxygen atoms in total. The number of rotatable bonds is 4. The number of nitrogens with two attached hydrogens (primary N) is 1. The van der Waals surface area contributed by atoms with E-state index in [1.54, 1.807) is 0 Å². The van der Waals surface area contributed by atoms with Crippen molar-refractivity contribution < 1.29 is 31.9 Å². The molecule has 0 amide bonds. The molecule has 2 N–H and O–H groups in total. The molecule has 2 rings (SSSR count). The van der Waals surface area contributed by atoms with Crippen LogP contribution in [0.25, 0.3) is 5.69 Å². The van der Waals surface area contributed by atoms with Crippen molar-refractivity contribution in [3.63, 3.8) is 0 Å². The highest BCUT2D eigenvalue weighted by atomic mass is 79.9. The predicted molar refractivity (Wildman–Crippen MR) is 90.1 cm³/mol. The van der Waals surface area contributed by atoms with Crippen molar-refractivity contribution in [3.05, 3.63) is 60.6 Å². The van der Waals surface area contributed by atoms with Crippen LogP contribution < -0.4 is 17.1 Å². The van der Waals surface area contributed by atoms with Gasteiger partial charge in [0.05, 0.1) is 11.3 Å². The van der Waals surface area contributed by atoms with Gasteiger partial charge in [0.2, 0.25) is 0 Å². The van der Waals surface area contributed by atoms with Crippen LogP contribution in [0.2, 0.25) is 0 Å². The summed E-state index contributed by atoms with van der Waals surface area (Å²) in [6.45, 7) is 0.553. The maximum atomic E-state index is 14.3. The molecule has 0 spiro atoms. The van der Waals surface area contributed by atoms with Gasteiger partial charge in [-0.25, -0.2) is 23.2 Å². The summed E-state index contributed by atoms with van der Waals surface area (Å²) in [5, 5.41) is 0. The van der Waals surface area contributed by atoms with Crippen LogP contribution in [0.1, 0.15) is 23.0 Å². The molecule has 0 bridgehead atoms. The number of ketones is 1. The molecule has 0 aliphatic carbocycles. The Morgan fingerprint density at radius 2 is 1.82 bits per heavy atom. The van der Waals surface area contributed by atoms with Crippen LogP contribution in [0.4, 0.5) is 17.6 Å². The fourth-order valence-electron chi connectivity index (χ4n) is 2.11. The quantitative estimate of drug-likeness (QED) is 0.412. The molecule has 0 saturated carbocycles. The van der Waals surface area contributed by atoms with Gasteiger partial charge in [0.15, 0.2) is 11.5 Å². The van der Waals surface area contributed by atoms with Crippen molar-refractivity contribution in [1.29, 1.82) is 0 Å². The lowest BCUT2D eigenvalue weighted by Crippen LogP contribution is -2.45. The summed E-state index contributed by atoms with van der Waals surface area (Å²) in [5.41, 5.74) is -6.17. The average Bonchev–Trinajstić information content (AvgIpc) is 2.56. The summed E-state index contributed by atoms with van der Waals surface area (Å²) in [5.74, 6) is 2.29. The Morgan fingerprint density at radius 1 is 1.21 bits per heavy atom. The van der Waals surface area contributed by atoms with E-state index in [9.17, 15) is 36.7 Å². The minimum Gasteiger partial charge on any atom is -0.454 e. The summed E-state index contributed by atoms with van der Waals surface area (Å²) in [4.78, 5) is 47.1. The van der Waals surface area contributed by atoms with E-state index >= 15 is 0 Å². The van der Waals surface area contributed by atoms with Crippen LogP contribution in [-0.4, -0.2) is 27.6 Å². The Kier molecular flexibility index (Phi) is 5.77. The minimum absolute atomic E-state index is 0.0105. The van der Waals surface area contributed by atoms with E-state index in [1.165, 1.54) is 0 Å². The third kappa shape index (κ3) is 4.13. The average molecular weight is 468 g/mol. The van der Waals surface area contributed by atoms with Crippen LogP contribution in [0.5, 0.6) is 0 Å². The monoisotopic (exact) mass is 467 g/mol. The maximum Gasteiger partial charge on any atom is 0.433 e. The predicted octanol–water partition coefficient (Wildman–Crippen LogP) is 1.38. The van der Waals surface area contributed by atoms with Gasteiger partial charge >= 0.3 is 17.8 Å². The number of hydrogen-bond donors (Lipinski definition) is 1. The number of carbonyl (C=O) groups is 2. The molecule has 13 heteroatoms. The van der Waals surface area contributed by atoms with E-state index in [4.69, 9.17) is 5.84 Å². The lowest BCUT2D eigenvalue weighted by atomic mass is 10.2. The zero-order chi connectivity index (χ0) is 21.4. The molecule has 0 atom stereocenters. The molecule has 0 radical (unpaired) electrons. The van der Waals surface area contributed by atoms with Crippen LogP contribution in [0, 0.1) is 5.82 Å². The highest BCUT2D eigenvalue weighted by molar-refractivity contribution is 9.10. The molecule has 1 heterocycles. The number of Topliss-reactive ketones (excluding diaryl/α,β-unsaturated/α-hetero) is 1. The maximum absolute atomic E-state index is 14.3. The van der Waals surface area contributed by atoms with Crippen molar-refractivity contribution in [2.75, 3.05) is 12.4 Å². The molecular formula is C15H10BrF4N3O5. The number of ether oxygens (including phenoxy) is 1. The Morgan fingerprint density at radius 3 is 2.36 bits per heavy atom. The number of aromatic nitrogens is 2. The van der Waals surface area contributed by atoms with Crippen molar-refractivity contribution >= 4 is 27.7 Å². The van der Waals surface area contributed by atoms with Gasteiger partial charge in [-0.15, -0.1) is 0 Å². The molecule has 0 aliphatic heterocycles. The van der Waals surface area contributed by atoms with Crippen LogP contribution in [-0.2, 0) is 15.7 Å². The largest absolute Gasteiger partial charge is 0.454 e. The molecule has 0 aliphatic rings. The second-order valence-electron chi connectivity index (χ2n) is 5.42. The lowest BCUT2D eigenvalue weighted by Gasteiger charge is -2.14. The summed E-state index contributed by atoms with van der Waals surface area (Å²) in [6.07, 6.45) is -5.11. The number of alkyl halides is 3. The number of carbonyl (C=O) groups excluding carboxylic acids is 2. The summed E-state index contributed by atoms with van der Waals surface area (Å²) < 4.78 is 57.0. The first-order valence-electron chi connectivity index (χ1n) is 7.22. The van der Waals surface area contributed by atoms with Gasteiger partial charge in [-0.1, -0.05) is 0 Å².